The Morgan fingerprint density at radius 3 is 2.10 bits per heavy atom. The summed E-state index contributed by atoms with van der Waals surface area (Å²) in [6.45, 7) is 2.99. The van der Waals surface area contributed by atoms with Crippen LogP contribution in [0.25, 0.3) is 0 Å². The molecule has 0 radical (unpaired) electrons. The fourth-order valence-corrected chi connectivity index (χ4v) is 1.56. The van der Waals surface area contributed by atoms with Crippen molar-refractivity contribution in [3.8, 4) is 0 Å². The summed E-state index contributed by atoms with van der Waals surface area (Å²) >= 11 is 0. The van der Waals surface area contributed by atoms with Gasteiger partial charge in [-0.2, -0.15) is 13.2 Å². The van der Waals surface area contributed by atoms with Crippen LogP contribution in [0.5, 0.6) is 0 Å². The number of aromatic nitrogens is 1. The van der Waals surface area contributed by atoms with Crippen molar-refractivity contribution >= 4 is 11.9 Å². The maximum atomic E-state index is 12.6. The predicted molar refractivity (Wildman–Crippen MR) is 65.2 cm³/mol. The second-order valence-corrected chi connectivity index (χ2v) is 3.88. The van der Waals surface area contributed by atoms with E-state index in [0.717, 1.165) is 18.2 Å². The van der Waals surface area contributed by atoms with E-state index in [-0.39, 0.29) is 18.9 Å². The molecule has 0 N–H and O–H groups in total. The highest BCUT2D eigenvalue weighted by molar-refractivity contribution is 6.00. The van der Waals surface area contributed by atoms with Crippen LogP contribution in [0.2, 0.25) is 0 Å². The lowest BCUT2D eigenvalue weighted by Crippen LogP contribution is -2.27. The summed E-state index contributed by atoms with van der Waals surface area (Å²) in [5, 5.41) is 0. The van der Waals surface area contributed by atoms with E-state index in [1.54, 1.807) is 0 Å². The highest BCUT2D eigenvalue weighted by Gasteiger charge is 2.37. The van der Waals surface area contributed by atoms with Crippen molar-refractivity contribution in [3.63, 3.8) is 0 Å². The van der Waals surface area contributed by atoms with Crippen molar-refractivity contribution in [1.29, 1.82) is 0 Å². The lowest BCUT2D eigenvalue weighted by Gasteiger charge is -2.15. The standard InChI is InChI=1S/C13H14F3NO4/c1-3-20-11(18)10(12(19)21-4-2)8-6-5-7-9(17-8)13(14,15)16/h5-7,10H,3-4H2,1-2H3. The quantitative estimate of drug-likeness (QED) is 0.617. The van der Waals surface area contributed by atoms with E-state index in [0.29, 0.717) is 0 Å². The molecule has 1 rings (SSSR count). The van der Waals surface area contributed by atoms with Crippen molar-refractivity contribution in [3.05, 3.63) is 29.6 Å². The van der Waals surface area contributed by atoms with Gasteiger partial charge in [-0.15, -0.1) is 0 Å². The molecular weight excluding hydrogens is 291 g/mol. The normalized spacial score (nSPS) is 11.3. The van der Waals surface area contributed by atoms with Gasteiger partial charge in [0, 0.05) is 0 Å². The summed E-state index contributed by atoms with van der Waals surface area (Å²) < 4.78 is 47.3. The van der Waals surface area contributed by atoms with Gasteiger partial charge >= 0.3 is 18.1 Å². The minimum atomic E-state index is -4.68. The zero-order valence-corrected chi connectivity index (χ0v) is 11.4. The molecule has 8 heteroatoms. The Bertz CT molecular complexity index is 498. The Morgan fingerprint density at radius 2 is 1.67 bits per heavy atom. The fourth-order valence-electron chi connectivity index (χ4n) is 1.56. The first kappa shape index (κ1) is 16.9. The van der Waals surface area contributed by atoms with Crippen molar-refractivity contribution in [2.45, 2.75) is 25.9 Å². The number of hydrogen-bond donors (Lipinski definition) is 0. The van der Waals surface area contributed by atoms with E-state index in [9.17, 15) is 22.8 Å². The van der Waals surface area contributed by atoms with Gasteiger partial charge in [-0.1, -0.05) is 6.07 Å². The number of hydrogen-bond acceptors (Lipinski definition) is 5. The molecule has 1 aromatic heterocycles. The van der Waals surface area contributed by atoms with Crippen molar-refractivity contribution < 1.29 is 32.2 Å². The average molecular weight is 305 g/mol. The molecular formula is C13H14F3NO4. The van der Waals surface area contributed by atoms with Gasteiger partial charge in [-0.05, 0) is 26.0 Å². The molecule has 0 bridgehead atoms. The summed E-state index contributed by atoms with van der Waals surface area (Å²) in [6.07, 6.45) is -4.68. The molecule has 0 unspecified atom stereocenters. The molecule has 0 spiro atoms. The number of carbonyl (C=O) groups is 2. The monoisotopic (exact) mass is 305 g/mol. The molecule has 0 aromatic carbocycles. The fraction of sp³-hybridized carbons (Fsp3) is 0.462. The Balaban J connectivity index is 3.20. The Kier molecular flexibility index (Phi) is 5.69. The third-order valence-corrected chi connectivity index (χ3v) is 2.40. The zero-order valence-electron chi connectivity index (χ0n) is 11.4. The first-order chi connectivity index (χ1) is 9.81. The van der Waals surface area contributed by atoms with Gasteiger partial charge in [0.15, 0.2) is 5.92 Å². The average Bonchev–Trinajstić information content (AvgIpc) is 2.39. The number of nitrogens with zero attached hydrogens (tertiary/aromatic N) is 1. The molecule has 0 aliphatic heterocycles. The summed E-state index contributed by atoms with van der Waals surface area (Å²) in [6, 6.07) is 2.96. The number of esters is 2. The van der Waals surface area contributed by atoms with E-state index >= 15 is 0 Å². The highest BCUT2D eigenvalue weighted by Crippen LogP contribution is 2.29. The molecule has 0 saturated carbocycles. The number of rotatable bonds is 5. The molecule has 0 aliphatic carbocycles. The molecule has 1 aromatic rings. The maximum Gasteiger partial charge on any atom is 0.433 e. The van der Waals surface area contributed by atoms with E-state index in [4.69, 9.17) is 9.47 Å². The molecule has 0 saturated heterocycles. The smallest absolute Gasteiger partial charge is 0.433 e. The Morgan fingerprint density at radius 1 is 1.14 bits per heavy atom. The molecule has 0 aliphatic rings. The van der Waals surface area contributed by atoms with E-state index < -0.39 is 29.7 Å². The summed E-state index contributed by atoms with van der Waals surface area (Å²) in [4.78, 5) is 26.9. The van der Waals surface area contributed by atoms with Gasteiger partial charge < -0.3 is 9.47 Å². The highest BCUT2D eigenvalue weighted by atomic mass is 19.4. The second kappa shape index (κ2) is 7.05. The first-order valence-corrected chi connectivity index (χ1v) is 6.18. The summed E-state index contributed by atoms with van der Waals surface area (Å²) in [5.74, 6) is -3.63. The van der Waals surface area contributed by atoms with Crippen molar-refractivity contribution in [2.24, 2.45) is 0 Å². The van der Waals surface area contributed by atoms with Gasteiger partial charge in [0.25, 0.3) is 0 Å². The van der Waals surface area contributed by atoms with Gasteiger partial charge in [-0.25, -0.2) is 4.98 Å². The number of alkyl halides is 3. The molecule has 0 amide bonds. The minimum absolute atomic E-state index is 0.0201. The van der Waals surface area contributed by atoms with Crippen LogP contribution < -0.4 is 0 Å². The number of ether oxygens (including phenoxy) is 2. The molecule has 5 nitrogen and oxygen atoms in total. The third kappa shape index (κ3) is 4.44. The lowest BCUT2D eigenvalue weighted by atomic mass is 10.0. The van der Waals surface area contributed by atoms with Crippen LogP contribution in [0.4, 0.5) is 13.2 Å². The van der Waals surface area contributed by atoms with Gasteiger partial charge in [0.2, 0.25) is 0 Å². The Hall–Kier alpha value is -2.12. The van der Waals surface area contributed by atoms with Crippen LogP contribution in [0.15, 0.2) is 18.2 Å². The van der Waals surface area contributed by atoms with Crippen molar-refractivity contribution in [1.82, 2.24) is 4.98 Å². The number of carbonyl (C=O) groups excluding carboxylic acids is 2. The molecule has 116 valence electrons. The molecule has 0 fully saturated rings. The van der Waals surface area contributed by atoms with Gasteiger partial charge in [0.1, 0.15) is 5.69 Å². The SMILES string of the molecule is CCOC(=O)C(C(=O)OCC)c1cccc(C(F)(F)F)n1. The topological polar surface area (TPSA) is 65.5 Å². The lowest BCUT2D eigenvalue weighted by molar-refractivity contribution is -0.157. The van der Waals surface area contributed by atoms with Gasteiger partial charge in [-0.3, -0.25) is 9.59 Å². The summed E-state index contributed by atoms with van der Waals surface area (Å²) in [7, 11) is 0. The van der Waals surface area contributed by atoms with E-state index in [2.05, 4.69) is 4.98 Å². The minimum Gasteiger partial charge on any atom is -0.465 e. The largest absolute Gasteiger partial charge is 0.465 e. The van der Waals surface area contributed by atoms with Crippen LogP contribution >= 0.6 is 0 Å². The van der Waals surface area contributed by atoms with Crippen LogP contribution in [0, 0.1) is 0 Å². The summed E-state index contributed by atoms with van der Waals surface area (Å²) in [5.41, 5.74) is -1.56. The van der Waals surface area contributed by atoms with Crippen LogP contribution in [-0.4, -0.2) is 30.1 Å². The molecule has 0 atom stereocenters. The predicted octanol–water partition coefficient (Wildman–Crippen LogP) is 2.31. The van der Waals surface area contributed by atoms with E-state index in [1.165, 1.54) is 13.8 Å². The maximum absolute atomic E-state index is 12.6. The van der Waals surface area contributed by atoms with E-state index in [1.807, 2.05) is 0 Å². The van der Waals surface area contributed by atoms with Crippen LogP contribution in [0.3, 0.4) is 0 Å². The number of halogens is 3. The first-order valence-electron chi connectivity index (χ1n) is 6.18. The van der Waals surface area contributed by atoms with Crippen LogP contribution in [0.1, 0.15) is 31.2 Å². The Labute approximate surface area is 119 Å². The van der Waals surface area contributed by atoms with Crippen molar-refractivity contribution in [2.75, 3.05) is 13.2 Å². The zero-order chi connectivity index (χ0) is 16.0. The number of pyridine rings is 1. The third-order valence-electron chi connectivity index (χ3n) is 2.40. The van der Waals surface area contributed by atoms with Gasteiger partial charge in [0.05, 0.1) is 18.9 Å². The molecule has 21 heavy (non-hydrogen) atoms. The molecule has 1 heterocycles. The second-order valence-electron chi connectivity index (χ2n) is 3.88. The van der Waals surface area contributed by atoms with Crippen LogP contribution in [-0.2, 0) is 25.2 Å².